The first-order valence-electron chi connectivity index (χ1n) is 9.89. The molecule has 2 fully saturated rings. The number of morpholine rings is 1. The van der Waals surface area contributed by atoms with Crippen LogP contribution in [0.25, 0.3) is 0 Å². The van der Waals surface area contributed by atoms with Crippen LogP contribution >= 0.6 is 11.8 Å². The zero-order valence-corrected chi connectivity index (χ0v) is 17.6. The van der Waals surface area contributed by atoms with Crippen molar-refractivity contribution in [2.24, 2.45) is 4.99 Å². The molecule has 2 aliphatic heterocycles. The van der Waals surface area contributed by atoms with Crippen LogP contribution in [0.2, 0.25) is 0 Å². The van der Waals surface area contributed by atoms with Crippen molar-refractivity contribution in [1.29, 1.82) is 0 Å². The van der Waals surface area contributed by atoms with Gasteiger partial charge >= 0.3 is 0 Å². The molecule has 8 heteroatoms. The van der Waals surface area contributed by atoms with Crippen LogP contribution < -0.4 is 15.4 Å². The summed E-state index contributed by atoms with van der Waals surface area (Å²) in [5, 5.41) is 6.85. The average molecular weight is 411 g/mol. The molecule has 0 radical (unpaired) electrons. The van der Waals surface area contributed by atoms with Gasteiger partial charge in [0, 0.05) is 38.0 Å². The molecule has 0 aliphatic carbocycles. The predicted octanol–water partition coefficient (Wildman–Crippen LogP) is 1.97. The Balaban J connectivity index is 1.47. The second kappa shape index (κ2) is 10.3. The number of halogens is 1. The summed E-state index contributed by atoms with van der Waals surface area (Å²) in [6.07, 6.45) is 1.12. The third-order valence-corrected chi connectivity index (χ3v) is 6.52. The summed E-state index contributed by atoms with van der Waals surface area (Å²) in [5.74, 6) is 3.52. The molecule has 0 spiro atoms. The summed E-state index contributed by atoms with van der Waals surface area (Å²) >= 11 is 2.02. The largest absolute Gasteiger partial charge is 0.489 e. The lowest BCUT2D eigenvalue weighted by Crippen LogP contribution is -2.60. The lowest BCUT2D eigenvalue weighted by molar-refractivity contribution is -0.0120. The second-order valence-electron chi connectivity index (χ2n) is 7.32. The van der Waals surface area contributed by atoms with Gasteiger partial charge in [0.05, 0.1) is 19.8 Å². The molecule has 0 amide bonds. The van der Waals surface area contributed by atoms with E-state index in [0.29, 0.717) is 12.3 Å². The molecule has 2 aliphatic rings. The SMILES string of the molecule is CN=C(NCC(C)Oc1ccc(F)cc1)NCC1(N2CCOCC2)CCSC1. The topological polar surface area (TPSA) is 58.1 Å². The van der Waals surface area contributed by atoms with E-state index in [2.05, 4.69) is 20.5 Å². The molecule has 0 aromatic heterocycles. The van der Waals surface area contributed by atoms with Crippen LogP contribution in [0.3, 0.4) is 0 Å². The summed E-state index contributed by atoms with van der Waals surface area (Å²) in [5.41, 5.74) is 0.169. The van der Waals surface area contributed by atoms with E-state index in [9.17, 15) is 4.39 Å². The molecule has 2 N–H and O–H groups in total. The molecular formula is C20H31FN4O2S. The van der Waals surface area contributed by atoms with Gasteiger partial charge in [0.2, 0.25) is 0 Å². The number of hydrogen-bond acceptors (Lipinski definition) is 5. The van der Waals surface area contributed by atoms with Crippen molar-refractivity contribution in [3.05, 3.63) is 30.1 Å². The Morgan fingerprint density at radius 1 is 1.32 bits per heavy atom. The standard InChI is InChI=1S/C20H31FN4O2S/c1-16(27-18-5-3-17(21)4-6-18)13-23-19(22-2)24-14-20(7-12-28-15-20)25-8-10-26-11-9-25/h3-6,16H,7-15H2,1-2H3,(H2,22,23,24). The molecule has 2 saturated heterocycles. The van der Waals surface area contributed by atoms with Gasteiger partial charge < -0.3 is 20.1 Å². The highest BCUT2D eigenvalue weighted by Crippen LogP contribution is 2.33. The van der Waals surface area contributed by atoms with Crippen molar-refractivity contribution in [1.82, 2.24) is 15.5 Å². The van der Waals surface area contributed by atoms with Crippen molar-refractivity contribution in [2.45, 2.75) is 25.0 Å². The maximum absolute atomic E-state index is 13.0. The lowest BCUT2D eigenvalue weighted by atomic mass is 9.95. The third kappa shape index (κ3) is 5.75. The molecule has 1 aromatic rings. The Kier molecular flexibility index (Phi) is 7.82. The zero-order chi connectivity index (χ0) is 19.8. The first kappa shape index (κ1) is 21.2. The molecule has 3 rings (SSSR count). The first-order chi connectivity index (χ1) is 13.6. The highest BCUT2D eigenvalue weighted by Gasteiger charge is 2.40. The maximum atomic E-state index is 13.0. The Morgan fingerprint density at radius 2 is 2.07 bits per heavy atom. The second-order valence-corrected chi connectivity index (χ2v) is 8.42. The van der Waals surface area contributed by atoms with Gasteiger partial charge in [0.25, 0.3) is 0 Å². The quantitative estimate of drug-likeness (QED) is 0.530. The van der Waals surface area contributed by atoms with E-state index in [0.717, 1.165) is 44.6 Å². The van der Waals surface area contributed by atoms with Crippen LogP contribution in [-0.4, -0.2) is 80.4 Å². The van der Waals surface area contributed by atoms with Gasteiger partial charge in [0.1, 0.15) is 17.7 Å². The zero-order valence-electron chi connectivity index (χ0n) is 16.7. The Hall–Kier alpha value is -1.51. The molecule has 2 heterocycles. The molecule has 28 heavy (non-hydrogen) atoms. The highest BCUT2D eigenvalue weighted by molar-refractivity contribution is 7.99. The number of guanidine groups is 1. The number of hydrogen-bond donors (Lipinski definition) is 2. The van der Waals surface area contributed by atoms with Crippen LogP contribution in [0.5, 0.6) is 5.75 Å². The number of aliphatic imine (C=N–C) groups is 1. The van der Waals surface area contributed by atoms with Crippen LogP contribution in [0.15, 0.2) is 29.3 Å². The number of nitrogens with one attached hydrogen (secondary N) is 2. The van der Waals surface area contributed by atoms with Gasteiger partial charge in [-0.2, -0.15) is 11.8 Å². The van der Waals surface area contributed by atoms with Crippen LogP contribution in [0.4, 0.5) is 4.39 Å². The van der Waals surface area contributed by atoms with Gasteiger partial charge in [-0.3, -0.25) is 9.89 Å². The normalized spacial score (nSPS) is 24.8. The highest BCUT2D eigenvalue weighted by atomic mass is 32.2. The van der Waals surface area contributed by atoms with Gasteiger partial charge in [-0.25, -0.2) is 4.39 Å². The van der Waals surface area contributed by atoms with E-state index < -0.39 is 0 Å². The fraction of sp³-hybridized carbons (Fsp3) is 0.650. The smallest absolute Gasteiger partial charge is 0.191 e. The predicted molar refractivity (Wildman–Crippen MR) is 113 cm³/mol. The average Bonchev–Trinajstić information content (AvgIpc) is 3.21. The summed E-state index contributed by atoms with van der Waals surface area (Å²) in [6.45, 7) is 7.08. The molecular weight excluding hydrogens is 379 g/mol. The first-order valence-corrected chi connectivity index (χ1v) is 11.0. The van der Waals surface area contributed by atoms with E-state index in [1.807, 2.05) is 18.7 Å². The Bertz CT molecular complexity index is 632. The molecule has 1 aromatic carbocycles. The molecule has 2 unspecified atom stereocenters. The monoisotopic (exact) mass is 410 g/mol. The van der Waals surface area contributed by atoms with E-state index >= 15 is 0 Å². The van der Waals surface area contributed by atoms with Gasteiger partial charge in [-0.1, -0.05) is 0 Å². The van der Waals surface area contributed by atoms with Crippen molar-refractivity contribution < 1.29 is 13.9 Å². The molecule has 0 bridgehead atoms. The summed E-state index contributed by atoms with van der Waals surface area (Å²) in [6, 6.07) is 6.09. The molecule has 6 nitrogen and oxygen atoms in total. The minimum absolute atomic E-state index is 0.0701. The maximum Gasteiger partial charge on any atom is 0.191 e. The number of rotatable bonds is 7. The fourth-order valence-corrected chi connectivity index (χ4v) is 5.11. The molecule has 156 valence electrons. The molecule has 0 saturated carbocycles. The minimum Gasteiger partial charge on any atom is -0.489 e. The van der Waals surface area contributed by atoms with Crippen molar-refractivity contribution in [3.8, 4) is 5.75 Å². The lowest BCUT2D eigenvalue weighted by Gasteiger charge is -2.43. The van der Waals surface area contributed by atoms with Crippen LogP contribution in [0.1, 0.15) is 13.3 Å². The molecule has 2 atom stereocenters. The van der Waals surface area contributed by atoms with Crippen LogP contribution in [0, 0.1) is 5.82 Å². The van der Waals surface area contributed by atoms with Gasteiger partial charge in [0.15, 0.2) is 5.96 Å². The fourth-order valence-electron chi connectivity index (χ4n) is 3.63. The van der Waals surface area contributed by atoms with E-state index in [-0.39, 0.29) is 17.5 Å². The Morgan fingerprint density at radius 3 is 2.71 bits per heavy atom. The summed E-state index contributed by atoms with van der Waals surface area (Å²) in [4.78, 5) is 6.94. The van der Waals surface area contributed by atoms with E-state index in [1.165, 1.54) is 24.3 Å². The number of benzene rings is 1. The number of ether oxygens (including phenoxy) is 2. The van der Waals surface area contributed by atoms with E-state index in [1.54, 1.807) is 19.2 Å². The number of nitrogens with zero attached hydrogens (tertiary/aromatic N) is 2. The van der Waals surface area contributed by atoms with Gasteiger partial charge in [-0.05, 0) is 43.4 Å². The van der Waals surface area contributed by atoms with Crippen molar-refractivity contribution >= 4 is 17.7 Å². The minimum atomic E-state index is -0.262. The van der Waals surface area contributed by atoms with Crippen LogP contribution in [-0.2, 0) is 4.74 Å². The third-order valence-electron chi connectivity index (χ3n) is 5.28. The number of thioether (sulfide) groups is 1. The van der Waals surface area contributed by atoms with E-state index in [4.69, 9.17) is 9.47 Å². The van der Waals surface area contributed by atoms with Gasteiger partial charge in [-0.15, -0.1) is 0 Å². The van der Waals surface area contributed by atoms with Crippen molar-refractivity contribution in [2.75, 3.05) is 57.9 Å². The Labute approximate surface area is 171 Å². The summed E-state index contributed by atoms with van der Waals surface area (Å²) < 4.78 is 24.3. The van der Waals surface area contributed by atoms with Crippen molar-refractivity contribution in [3.63, 3.8) is 0 Å². The summed E-state index contributed by atoms with van der Waals surface area (Å²) in [7, 11) is 1.78.